The highest BCUT2D eigenvalue weighted by molar-refractivity contribution is 9.09. The molecule has 0 aliphatic rings. The van der Waals surface area contributed by atoms with E-state index >= 15 is 0 Å². The predicted octanol–water partition coefficient (Wildman–Crippen LogP) is 5.24. The zero-order valence-corrected chi connectivity index (χ0v) is 10.9. The van der Waals surface area contributed by atoms with Crippen LogP contribution in [0.2, 0.25) is 0 Å². The second-order valence-electron chi connectivity index (χ2n) is 3.54. The van der Waals surface area contributed by atoms with Gasteiger partial charge in [-0.15, -0.1) is 0 Å². The minimum atomic E-state index is 1.15. The summed E-state index contributed by atoms with van der Waals surface area (Å²) in [7, 11) is 0. The zero-order valence-electron chi connectivity index (χ0n) is 9.34. The molecule has 0 spiro atoms. The maximum atomic E-state index is 3.44. The third-order valence-electron chi connectivity index (χ3n) is 2.11. The molecule has 1 heteroatoms. The van der Waals surface area contributed by atoms with E-state index in [0.29, 0.717) is 0 Å². The maximum absolute atomic E-state index is 3.44. The fraction of sp³-hybridized carbons (Fsp3) is 0.692. The lowest BCUT2D eigenvalue weighted by atomic mass is 10.2. The van der Waals surface area contributed by atoms with Gasteiger partial charge < -0.3 is 0 Å². The van der Waals surface area contributed by atoms with Crippen LogP contribution in [0.3, 0.4) is 0 Å². The number of allylic oxidation sites excluding steroid dienone is 4. The van der Waals surface area contributed by atoms with Gasteiger partial charge in [0.15, 0.2) is 0 Å². The number of unbranched alkanes of at least 4 members (excludes halogenated alkanes) is 5. The minimum absolute atomic E-state index is 1.15. The Morgan fingerprint density at radius 3 is 2.07 bits per heavy atom. The molecule has 0 saturated heterocycles. The molecule has 0 nitrogen and oxygen atoms in total. The number of halogens is 1. The third kappa shape index (κ3) is 12.0. The number of hydrogen-bond acceptors (Lipinski definition) is 0. The van der Waals surface area contributed by atoms with Crippen molar-refractivity contribution in [2.75, 3.05) is 5.33 Å². The van der Waals surface area contributed by atoms with Gasteiger partial charge in [0.2, 0.25) is 0 Å². The van der Waals surface area contributed by atoms with Crippen LogP contribution in [0.5, 0.6) is 0 Å². The lowest BCUT2D eigenvalue weighted by Crippen LogP contribution is -1.75. The van der Waals surface area contributed by atoms with Crippen LogP contribution in [0.4, 0.5) is 0 Å². The van der Waals surface area contributed by atoms with Crippen molar-refractivity contribution >= 4 is 15.9 Å². The van der Waals surface area contributed by atoms with Crippen LogP contribution in [0.15, 0.2) is 24.3 Å². The van der Waals surface area contributed by atoms with Gasteiger partial charge in [-0.05, 0) is 25.7 Å². The van der Waals surface area contributed by atoms with Gasteiger partial charge in [0.1, 0.15) is 0 Å². The summed E-state index contributed by atoms with van der Waals surface area (Å²) in [5.41, 5.74) is 0. The first-order valence-corrected chi connectivity index (χ1v) is 6.91. The van der Waals surface area contributed by atoms with Gasteiger partial charge in [0.25, 0.3) is 0 Å². The van der Waals surface area contributed by atoms with E-state index in [9.17, 15) is 0 Å². The lowest BCUT2D eigenvalue weighted by Gasteiger charge is -1.92. The summed E-state index contributed by atoms with van der Waals surface area (Å²) in [6.45, 7) is 2.23. The van der Waals surface area contributed by atoms with Crippen molar-refractivity contribution in [1.29, 1.82) is 0 Å². The first-order chi connectivity index (χ1) is 6.91. The molecule has 0 atom stereocenters. The Bertz CT molecular complexity index is 147. The molecule has 0 N–H and O–H groups in total. The normalized spacial score (nSPS) is 11.9. The van der Waals surface area contributed by atoms with Gasteiger partial charge in [-0.3, -0.25) is 0 Å². The fourth-order valence-corrected chi connectivity index (χ4v) is 1.60. The van der Waals surface area contributed by atoms with Crippen molar-refractivity contribution in [3.8, 4) is 0 Å². The topological polar surface area (TPSA) is 0 Å². The van der Waals surface area contributed by atoms with Crippen molar-refractivity contribution in [2.24, 2.45) is 0 Å². The summed E-state index contributed by atoms with van der Waals surface area (Å²) >= 11 is 3.44. The van der Waals surface area contributed by atoms with E-state index in [1.807, 2.05) is 0 Å². The molecule has 0 saturated carbocycles. The largest absolute Gasteiger partial charge is 0.0928 e. The van der Waals surface area contributed by atoms with Crippen molar-refractivity contribution < 1.29 is 0 Å². The van der Waals surface area contributed by atoms with Crippen LogP contribution in [-0.2, 0) is 0 Å². The van der Waals surface area contributed by atoms with E-state index in [-0.39, 0.29) is 0 Å². The molecule has 0 heterocycles. The standard InChI is InChI=1S/C13H23Br/c1-2-3-4-5-6-7-8-9-10-11-12-13-14/h5-8H,2-4,9-13H2,1H3/b6-5+,8-7+. The SMILES string of the molecule is CCCC/C=C/C=C/CCCCCBr. The molecule has 0 unspecified atom stereocenters. The molecule has 0 bridgehead atoms. The number of hydrogen-bond donors (Lipinski definition) is 0. The molecule has 0 aromatic heterocycles. The summed E-state index contributed by atoms with van der Waals surface area (Å²) in [4.78, 5) is 0. The molecule has 0 aromatic rings. The third-order valence-corrected chi connectivity index (χ3v) is 2.67. The van der Waals surface area contributed by atoms with Crippen LogP contribution in [0.1, 0.15) is 51.9 Å². The quantitative estimate of drug-likeness (QED) is 0.301. The summed E-state index contributed by atoms with van der Waals surface area (Å²) in [5, 5.41) is 1.15. The van der Waals surface area contributed by atoms with Gasteiger partial charge in [-0.2, -0.15) is 0 Å². The van der Waals surface area contributed by atoms with E-state index in [1.165, 1.54) is 44.9 Å². The number of rotatable bonds is 9. The molecule has 14 heavy (non-hydrogen) atoms. The molecule has 0 aliphatic heterocycles. The molecule has 0 amide bonds. The Morgan fingerprint density at radius 1 is 0.857 bits per heavy atom. The van der Waals surface area contributed by atoms with E-state index < -0.39 is 0 Å². The van der Waals surface area contributed by atoms with Gasteiger partial charge in [0.05, 0.1) is 0 Å². The van der Waals surface area contributed by atoms with Gasteiger partial charge in [-0.1, -0.05) is 66.4 Å². The highest BCUT2D eigenvalue weighted by Crippen LogP contribution is 2.02. The first-order valence-electron chi connectivity index (χ1n) is 5.79. The second-order valence-corrected chi connectivity index (χ2v) is 4.33. The van der Waals surface area contributed by atoms with Gasteiger partial charge in [-0.25, -0.2) is 0 Å². The van der Waals surface area contributed by atoms with Crippen molar-refractivity contribution in [3.63, 3.8) is 0 Å². The second kappa shape index (κ2) is 13.0. The molecule has 0 aromatic carbocycles. The van der Waals surface area contributed by atoms with Crippen LogP contribution in [0.25, 0.3) is 0 Å². The Balaban J connectivity index is 3.14. The lowest BCUT2D eigenvalue weighted by molar-refractivity contribution is 0.737. The van der Waals surface area contributed by atoms with Crippen molar-refractivity contribution in [2.45, 2.75) is 51.9 Å². The van der Waals surface area contributed by atoms with E-state index in [4.69, 9.17) is 0 Å². The smallest absolute Gasteiger partial charge is 0.00313 e. The molecule has 0 fully saturated rings. The van der Waals surface area contributed by atoms with Crippen LogP contribution in [0, 0.1) is 0 Å². The summed E-state index contributed by atoms with van der Waals surface area (Å²) < 4.78 is 0. The van der Waals surface area contributed by atoms with Crippen molar-refractivity contribution in [1.82, 2.24) is 0 Å². The summed E-state index contributed by atoms with van der Waals surface area (Å²) in [5.74, 6) is 0. The van der Waals surface area contributed by atoms with Gasteiger partial charge >= 0.3 is 0 Å². The van der Waals surface area contributed by atoms with Gasteiger partial charge in [0, 0.05) is 5.33 Å². The minimum Gasteiger partial charge on any atom is -0.0928 e. The maximum Gasteiger partial charge on any atom is 0.00313 e. The van der Waals surface area contributed by atoms with Crippen LogP contribution in [-0.4, -0.2) is 5.33 Å². The van der Waals surface area contributed by atoms with E-state index in [2.05, 4.69) is 47.2 Å². The fourth-order valence-electron chi connectivity index (χ4n) is 1.21. The average molecular weight is 259 g/mol. The summed E-state index contributed by atoms with van der Waals surface area (Å²) in [6, 6.07) is 0. The van der Waals surface area contributed by atoms with Crippen molar-refractivity contribution in [3.05, 3.63) is 24.3 Å². The number of alkyl halides is 1. The monoisotopic (exact) mass is 258 g/mol. The average Bonchev–Trinajstić information content (AvgIpc) is 2.21. The summed E-state index contributed by atoms with van der Waals surface area (Å²) in [6.07, 6.45) is 17.9. The Hall–Kier alpha value is -0.0400. The first kappa shape index (κ1) is 14.0. The Morgan fingerprint density at radius 2 is 1.50 bits per heavy atom. The molecule has 0 rings (SSSR count). The van der Waals surface area contributed by atoms with E-state index in [1.54, 1.807) is 0 Å². The molecule has 0 radical (unpaired) electrons. The van der Waals surface area contributed by atoms with Crippen LogP contribution < -0.4 is 0 Å². The highest BCUT2D eigenvalue weighted by atomic mass is 79.9. The molecule has 82 valence electrons. The molecule has 0 aliphatic carbocycles. The Labute approximate surface area is 97.6 Å². The molecular weight excluding hydrogens is 236 g/mol. The zero-order chi connectivity index (χ0) is 10.5. The molecular formula is C13H23Br. The van der Waals surface area contributed by atoms with E-state index in [0.717, 1.165) is 5.33 Å². The predicted molar refractivity (Wildman–Crippen MR) is 70.1 cm³/mol. The highest BCUT2D eigenvalue weighted by Gasteiger charge is 1.83. The Kier molecular flexibility index (Phi) is 12.9. The van der Waals surface area contributed by atoms with Crippen LogP contribution >= 0.6 is 15.9 Å².